The van der Waals surface area contributed by atoms with Crippen LogP contribution in [0, 0.1) is 6.92 Å². The first-order chi connectivity index (χ1) is 11.5. The number of nitrogens with one attached hydrogen (secondary N) is 1. The molecule has 0 radical (unpaired) electrons. The Hall–Kier alpha value is -2.17. The summed E-state index contributed by atoms with van der Waals surface area (Å²) < 4.78 is 0. The lowest BCUT2D eigenvalue weighted by Crippen LogP contribution is -2.21. The molecule has 5 heteroatoms. The molecular weight excluding hydrogens is 320 g/mol. The van der Waals surface area contributed by atoms with Crippen molar-refractivity contribution in [3.8, 4) is 11.4 Å². The molecule has 124 valence electrons. The molecule has 0 saturated heterocycles. The summed E-state index contributed by atoms with van der Waals surface area (Å²) in [5.74, 6) is 1.57. The summed E-state index contributed by atoms with van der Waals surface area (Å²) in [7, 11) is 4.12. The molecule has 2 aromatic carbocycles. The number of aryl methyl sites for hydroxylation is 1. The van der Waals surface area contributed by atoms with E-state index in [-0.39, 0.29) is 0 Å². The zero-order valence-electron chi connectivity index (χ0n) is 14.2. The van der Waals surface area contributed by atoms with Crippen molar-refractivity contribution < 1.29 is 0 Å². The quantitative estimate of drug-likeness (QED) is 0.754. The Kier molecular flexibility index (Phi) is 4.97. The standard InChI is InChI=1S/C19H21ClN4/c1-13-4-9-17-16(12-13)19(21-10-11-24(2)3)23-18(22-17)14-5-7-15(20)8-6-14/h4-9,12H,10-11H2,1-3H3,(H,21,22,23). The molecule has 1 aromatic heterocycles. The average molecular weight is 341 g/mol. The Bertz CT molecular complexity index is 844. The largest absolute Gasteiger partial charge is 0.368 e. The van der Waals surface area contributed by atoms with E-state index in [0.29, 0.717) is 10.8 Å². The van der Waals surface area contributed by atoms with Crippen LogP contribution < -0.4 is 5.32 Å². The van der Waals surface area contributed by atoms with Crippen molar-refractivity contribution in [2.75, 3.05) is 32.5 Å². The topological polar surface area (TPSA) is 41.1 Å². The van der Waals surface area contributed by atoms with Crippen LogP contribution >= 0.6 is 11.6 Å². The molecule has 0 spiro atoms. The third-order valence-corrected chi connectivity index (χ3v) is 4.06. The van der Waals surface area contributed by atoms with Gasteiger partial charge in [-0.05, 0) is 57.4 Å². The van der Waals surface area contributed by atoms with Crippen LogP contribution in [0.15, 0.2) is 42.5 Å². The van der Waals surface area contributed by atoms with Gasteiger partial charge in [-0.15, -0.1) is 0 Å². The van der Waals surface area contributed by atoms with E-state index in [2.05, 4.69) is 43.4 Å². The highest BCUT2D eigenvalue weighted by Gasteiger charge is 2.10. The molecule has 0 atom stereocenters. The van der Waals surface area contributed by atoms with E-state index >= 15 is 0 Å². The Balaban J connectivity index is 2.04. The van der Waals surface area contributed by atoms with E-state index in [1.807, 2.05) is 30.3 Å². The SMILES string of the molecule is Cc1ccc2nc(-c3ccc(Cl)cc3)nc(NCCN(C)C)c2c1. The van der Waals surface area contributed by atoms with Gasteiger partial charge in [0, 0.05) is 29.1 Å². The molecule has 4 nitrogen and oxygen atoms in total. The highest BCUT2D eigenvalue weighted by atomic mass is 35.5. The fraction of sp³-hybridized carbons (Fsp3) is 0.263. The Morgan fingerprint density at radius 1 is 1.04 bits per heavy atom. The van der Waals surface area contributed by atoms with Gasteiger partial charge in [-0.3, -0.25) is 0 Å². The fourth-order valence-corrected chi connectivity index (χ4v) is 2.63. The molecule has 0 bridgehead atoms. The molecule has 0 amide bonds. The van der Waals surface area contributed by atoms with Gasteiger partial charge in [-0.25, -0.2) is 9.97 Å². The minimum Gasteiger partial charge on any atom is -0.368 e. The molecular formula is C19H21ClN4. The van der Waals surface area contributed by atoms with Gasteiger partial charge in [0.25, 0.3) is 0 Å². The highest BCUT2D eigenvalue weighted by Crippen LogP contribution is 2.26. The molecule has 0 aliphatic rings. The number of fused-ring (bicyclic) bond motifs is 1. The Morgan fingerprint density at radius 2 is 1.79 bits per heavy atom. The lowest BCUT2D eigenvalue weighted by atomic mass is 10.1. The molecule has 24 heavy (non-hydrogen) atoms. The van der Waals surface area contributed by atoms with Gasteiger partial charge in [0.2, 0.25) is 0 Å². The summed E-state index contributed by atoms with van der Waals surface area (Å²) in [6.45, 7) is 3.84. The van der Waals surface area contributed by atoms with Crippen LogP contribution in [-0.2, 0) is 0 Å². The summed E-state index contributed by atoms with van der Waals surface area (Å²) in [5.41, 5.74) is 3.09. The van der Waals surface area contributed by atoms with E-state index in [1.54, 1.807) is 0 Å². The third kappa shape index (κ3) is 3.83. The van der Waals surface area contributed by atoms with Crippen molar-refractivity contribution >= 4 is 28.3 Å². The second-order valence-electron chi connectivity index (χ2n) is 6.15. The molecule has 1 heterocycles. The van der Waals surface area contributed by atoms with Crippen molar-refractivity contribution in [2.24, 2.45) is 0 Å². The van der Waals surface area contributed by atoms with Crippen molar-refractivity contribution in [3.63, 3.8) is 0 Å². The number of benzene rings is 2. The maximum atomic E-state index is 5.98. The lowest BCUT2D eigenvalue weighted by molar-refractivity contribution is 0.425. The Morgan fingerprint density at radius 3 is 2.50 bits per heavy atom. The minimum atomic E-state index is 0.704. The fourth-order valence-electron chi connectivity index (χ4n) is 2.50. The van der Waals surface area contributed by atoms with Crippen molar-refractivity contribution in [1.82, 2.24) is 14.9 Å². The normalized spacial score (nSPS) is 11.2. The van der Waals surface area contributed by atoms with Crippen LogP contribution in [0.2, 0.25) is 5.02 Å². The third-order valence-electron chi connectivity index (χ3n) is 3.81. The van der Waals surface area contributed by atoms with Gasteiger partial charge in [-0.1, -0.05) is 23.2 Å². The van der Waals surface area contributed by atoms with Crippen molar-refractivity contribution in [2.45, 2.75) is 6.92 Å². The number of rotatable bonds is 5. The van der Waals surface area contributed by atoms with E-state index in [9.17, 15) is 0 Å². The maximum Gasteiger partial charge on any atom is 0.162 e. The van der Waals surface area contributed by atoms with E-state index < -0.39 is 0 Å². The number of hydrogen-bond donors (Lipinski definition) is 1. The van der Waals surface area contributed by atoms with Crippen LogP contribution in [-0.4, -0.2) is 42.1 Å². The maximum absolute atomic E-state index is 5.98. The summed E-state index contributed by atoms with van der Waals surface area (Å²) in [5, 5.41) is 5.20. The van der Waals surface area contributed by atoms with E-state index in [1.165, 1.54) is 5.56 Å². The van der Waals surface area contributed by atoms with Crippen LogP contribution in [0.3, 0.4) is 0 Å². The predicted octanol–water partition coefficient (Wildman–Crippen LogP) is 4.23. The molecule has 0 aliphatic carbocycles. The average Bonchev–Trinajstić information content (AvgIpc) is 2.55. The summed E-state index contributed by atoms with van der Waals surface area (Å²) in [6.07, 6.45) is 0. The van der Waals surface area contributed by atoms with Crippen LogP contribution in [0.5, 0.6) is 0 Å². The first kappa shape index (κ1) is 16.7. The van der Waals surface area contributed by atoms with Gasteiger partial charge in [0.1, 0.15) is 5.82 Å². The van der Waals surface area contributed by atoms with Gasteiger partial charge in [0.15, 0.2) is 5.82 Å². The molecule has 1 N–H and O–H groups in total. The summed E-state index contributed by atoms with van der Waals surface area (Å²) in [6, 6.07) is 13.9. The number of anilines is 1. The smallest absolute Gasteiger partial charge is 0.162 e. The van der Waals surface area contributed by atoms with Crippen LogP contribution in [0.1, 0.15) is 5.56 Å². The zero-order chi connectivity index (χ0) is 17.1. The Labute approximate surface area is 147 Å². The molecule has 0 saturated carbocycles. The van der Waals surface area contributed by atoms with Crippen molar-refractivity contribution in [1.29, 1.82) is 0 Å². The van der Waals surface area contributed by atoms with Crippen molar-refractivity contribution in [3.05, 3.63) is 53.1 Å². The number of halogens is 1. The van der Waals surface area contributed by atoms with Gasteiger partial charge < -0.3 is 10.2 Å². The number of nitrogens with zero attached hydrogens (tertiary/aromatic N) is 3. The second-order valence-corrected chi connectivity index (χ2v) is 6.59. The van der Waals surface area contributed by atoms with Crippen LogP contribution in [0.4, 0.5) is 5.82 Å². The molecule has 3 rings (SSSR count). The molecule has 0 aliphatic heterocycles. The lowest BCUT2D eigenvalue weighted by Gasteiger charge is -2.14. The van der Waals surface area contributed by atoms with E-state index in [4.69, 9.17) is 21.6 Å². The molecule has 0 unspecified atom stereocenters. The summed E-state index contributed by atoms with van der Waals surface area (Å²) >= 11 is 5.98. The van der Waals surface area contributed by atoms with Crippen LogP contribution in [0.25, 0.3) is 22.3 Å². The summed E-state index contributed by atoms with van der Waals surface area (Å²) in [4.78, 5) is 11.6. The highest BCUT2D eigenvalue weighted by molar-refractivity contribution is 6.30. The van der Waals surface area contributed by atoms with Gasteiger partial charge in [0.05, 0.1) is 5.52 Å². The first-order valence-electron chi connectivity index (χ1n) is 7.96. The molecule has 0 fully saturated rings. The van der Waals surface area contributed by atoms with Gasteiger partial charge in [-0.2, -0.15) is 0 Å². The monoisotopic (exact) mass is 340 g/mol. The number of likely N-dealkylation sites (N-methyl/N-ethyl adjacent to an activating group) is 1. The van der Waals surface area contributed by atoms with E-state index in [0.717, 1.165) is 35.4 Å². The minimum absolute atomic E-state index is 0.704. The number of aromatic nitrogens is 2. The molecule has 3 aromatic rings. The predicted molar refractivity (Wildman–Crippen MR) is 102 cm³/mol. The second kappa shape index (κ2) is 7.16. The first-order valence-corrected chi connectivity index (χ1v) is 8.33. The van der Waals surface area contributed by atoms with Gasteiger partial charge >= 0.3 is 0 Å². The number of hydrogen-bond acceptors (Lipinski definition) is 4. The zero-order valence-corrected chi connectivity index (χ0v) is 14.9.